The highest BCUT2D eigenvalue weighted by molar-refractivity contribution is 6.00. The van der Waals surface area contributed by atoms with Crippen LogP contribution in [0.15, 0.2) is 103 Å². The van der Waals surface area contributed by atoms with Gasteiger partial charge in [-0.2, -0.15) is 5.10 Å². The molecule has 0 aliphatic rings. The minimum atomic E-state index is -0.265. The highest BCUT2D eigenvalue weighted by Gasteiger charge is 2.08. The van der Waals surface area contributed by atoms with Gasteiger partial charge in [-0.3, -0.25) is 9.78 Å². The van der Waals surface area contributed by atoms with E-state index in [2.05, 4.69) is 80.9 Å². The van der Waals surface area contributed by atoms with Gasteiger partial charge in [-0.05, 0) is 40.6 Å². The molecule has 3 aromatic carbocycles. The summed E-state index contributed by atoms with van der Waals surface area (Å²) in [6.45, 7) is 0.753. The second-order valence-electron chi connectivity index (χ2n) is 7.35. The Kier molecular flexibility index (Phi) is 4.99. The lowest BCUT2D eigenvalue weighted by molar-refractivity contribution is 0.0955. The molecule has 1 N–H and O–H groups in total. The topological polar surface area (TPSA) is 59.3 Å². The summed E-state index contributed by atoms with van der Waals surface area (Å²) in [6, 6.07) is 26.4. The van der Waals surface area contributed by atoms with E-state index in [1.807, 2.05) is 12.1 Å². The first-order chi connectivity index (χ1) is 15.3. The molecule has 0 bridgehead atoms. The van der Waals surface area contributed by atoms with E-state index in [1.54, 1.807) is 30.7 Å². The number of carbonyl (C=O) groups excluding carboxylic acids is 1. The summed E-state index contributed by atoms with van der Waals surface area (Å²) >= 11 is 0. The molecule has 5 heteroatoms. The number of nitrogens with one attached hydrogen (secondary N) is 1. The van der Waals surface area contributed by atoms with Gasteiger partial charge in [0.2, 0.25) is 0 Å². The Labute approximate surface area is 179 Å². The molecule has 0 fully saturated rings. The normalized spacial score (nSPS) is 11.4. The first-order valence-corrected chi connectivity index (χ1v) is 10.1. The quantitative estimate of drug-likeness (QED) is 0.331. The lowest BCUT2D eigenvalue weighted by Gasteiger charge is -2.07. The molecule has 0 saturated carbocycles. The van der Waals surface area contributed by atoms with Crippen LogP contribution in [0.4, 0.5) is 0 Å². The van der Waals surface area contributed by atoms with Crippen molar-refractivity contribution in [1.29, 1.82) is 0 Å². The average molecular weight is 404 g/mol. The van der Waals surface area contributed by atoms with Crippen LogP contribution in [-0.4, -0.2) is 21.7 Å². The van der Waals surface area contributed by atoms with Crippen molar-refractivity contribution in [3.63, 3.8) is 0 Å². The summed E-state index contributed by atoms with van der Waals surface area (Å²) in [5, 5.41) is 7.73. The third-order valence-electron chi connectivity index (χ3n) is 5.30. The van der Waals surface area contributed by atoms with E-state index in [1.165, 1.54) is 16.3 Å². The van der Waals surface area contributed by atoms with Crippen molar-refractivity contribution in [2.75, 3.05) is 0 Å². The molecule has 0 aliphatic carbocycles. The fourth-order valence-corrected chi connectivity index (χ4v) is 3.77. The molecule has 5 rings (SSSR count). The Hall–Kier alpha value is -4.25. The molecule has 0 atom stereocenters. The van der Waals surface area contributed by atoms with Crippen molar-refractivity contribution in [3.8, 4) is 0 Å². The highest BCUT2D eigenvalue weighted by atomic mass is 16.2. The summed E-state index contributed by atoms with van der Waals surface area (Å²) in [5.41, 5.74) is 6.41. The molecule has 0 spiro atoms. The largest absolute Gasteiger partial charge is 0.342 e. The number of fused-ring (bicyclic) bond motifs is 2. The number of rotatable bonds is 5. The van der Waals surface area contributed by atoms with Crippen LogP contribution in [-0.2, 0) is 6.54 Å². The fraction of sp³-hybridized carbons (Fsp3) is 0.0385. The standard InChI is InChI=1S/C26H20N4O/c31-26(21-11-13-27-14-12-21)29-28-16-23-18-30(25-8-4-3-7-24(23)25)17-19-9-10-20-5-1-2-6-22(20)15-19/h1-16,18H,17H2,(H,29,31)/b28-16+. The molecule has 2 aromatic heterocycles. The van der Waals surface area contributed by atoms with Crippen LogP contribution >= 0.6 is 0 Å². The minimum Gasteiger partial charge on any atom is -0.342 e. The van der Waals surface area contributed by atoms with Crippen LogP contribution < -0.4 is 5.43 Å². The summed E-state index contributed by atoms with van der Waals surface area (Å²) < 4.78 is 2.21. The lowest BCUT2D eigenvalue weighted by Crippen LogP contribution is -2.17. The Morgan fingerprint density at radius 3 is 2.58 bits per heavy atom. The number of amides is 1. The summed E-state index contributed by atoms with van der Waals surface area (Å²) in [7, 11) is 0. The minimum absolute atomic E-state index is 0.265. The van der Waals surface area contributed by atoms with Crippen molar-refractivity contribution in [1.82, 2.24) is 15.0 Å². The zero-order valence-corrected chi connectivity index (χ0v) is 16.8. The Bertz CT molecular complexity index is 1400. The van der Waals surface area contributed by atoms with Crippen molar-refractivity contribution in [3.05, 3.63) is 114 Å². The Balaban J connectivity index is 1.41. The van der Waals surface area contributed by atoms with Crippen LogP contribution in [0.5, 0.6) is 0 Å². The molecule has 5 aromatic rings. The van der Waals surface area contributed by atoms with Gasteiger partial charge in [0.1, 0.15) is 0 Å². The third-order valence-corrected chi connectivity index (χ3v) is 5.30. The number of nitrogens with zero attached hydrogens (tertiary/aromatic N) is 3. The SMILES string of the molecule is O=C(N/N=C/c1cn(Cc2ccc3ccccc3c2)c2ccccc12)c1ccncc1. The van der Waals surface area contributed by atoms with Gasteiger partial charge >= 0.3 is 0 Å². The zero-order valence-electron chi connectivity index (χ0n) is 16.8. The van der Waals surface area contributed by atoms with Crippen LogP contribution in [0.2, 0.25) is 0 Å². The molecule has 0 radical (unpaired) electrons. The second kappa shape index (κ2) is 8.24. The predicted molar refractivity (Wildman–Crippen MR) is 124 cm³/mol. The van der Waals surface area contributed by atoms with E-state index < -0.39 is 0 Å². The van der Waals surface area contributed by atoms with Gasteiger partial charge in [0.25, 0.3) is 5.91 Å². The van der Waals surface area contributed by atoms with Gasteiger partial charge in [-0.25, -0.2) is 5.43 Å². The van der Waals surface area contributed by atoms with E-state index in [0.29, 0.717) is 5.56 Å². The molecule has 0 saturated heterocycles. The number of hydrazone groups is 1. The number of benzene rings is 3. The van der Waals surface area contributed by atoms with E-state index in [0.717, 1.165) is 23.0 Å². The van der Waals surface area contributed by atoms with Gasteiger partial charge in [-0.1, -0.05) is 54.6 Å². The molecule has 0 unspecified atom stereocenters. The van der Waals surface area contributed by atoms with Gasteiger partial charge in [0.15, 0.2) is 0 Å². The molecular formula is C26H20N4O. The van der Waals surface area contributed by atoms with Crippen molar-refractivity contribution < 1.29 is 4.79 Å². The number of para-hydroxylation sites is 1. The molecule has 2 heterocycles. The van der Waals surface area contributed by atoms with E-state index in [4.69, 9.17) is 0 Å². The van der Waals surface area contributed by atoms with Crippen LogP contribution in [0.25, 0.3) is 21.7 Å². The van der Waals surface area contributed by atoms with E-state index in [9.17, 15) is 4.79 Å². The molecule has 31 heavy (non-hydrogen) atoms. The van der Waals surface area contributed by atoms with Crippen LogP contribution in [0.3, 0.4) is 0 Å². The maximum atomic E-state index is 12.2. The van der Waals surface area contributed by atoms with Crippen molar-refractivity contribution in [2.24, 2.45) is 5.10 Å². The number of hydrogen-bond acceptors (Lipinski definition) is 3. The number of pyridine rings is 1. The van der Waals surface area contributed by atoms with Crippen LogP contribution in [0, 0.1) is 0 Å². The van der Waals surface area contributed by atoms with Gasteiger partial charge < -0.3 is 4.57 Å². The average Bonchev–Trinajstić information content (AvgIpc) is 3.17. The number of carbonyl (C=O) groups is 1. The predicted octanol–water partition coefficient (Wildman–Crippen LogP) is 5.00. The molecule has 150 valence electrons. The molecule has 1 amide bonds. The van der Waals surface area contributed by atoms with E-state index >= 15 is 0 Å². The molecule has 5 nitrogen and oxygen atoms in total. The molecule has 0 aliphatic heterocycles. The maximum Gasteiger partial charge on any atom is 0.271 e. The maximum absolute atomic E-state index is 12.2. The lowest BCUT2D eigenvalue weighted by atomic mass is 10.1. The monoisotopic (exact) mass is 404 g/mol. The highest BCUT2D eigenvalue weighted by Crippen LogP contribution is 2.23. The van der Waals surface area contributed by atoms with Gasteiger partial charge in [-0.15, -0.1) is 0 Å². The van der Waals surface area contributed by atoms with Gasteiger partial charge in [0, 0.05) is 47.2 Å². The summed E-state index contributed by atoms with van der Waals surface area (Å²) in [5.74, 6) is -0.265. The summed E-state index contributed by atoms with van der Waals surface area (Å²) in [6.07, 6.45) is 6.93. The second-order valence-corrected chi connectivity index (χ2v) is 7.35. The van der Waals surface area contributed by atoms with Crippen LogP contribution in [0.1, 0.15) is 21.5 Å². The first kappa shape index (κ1) is 18.8. The Morgan fingerprint density at radius 2 is 1.71 bits per heavy atom. The number of aromatic nitrogens is 2. The van der Waals surface area contributed by atoms with E-state index in [-0.39, 0.29) is 5.91 Å². The molecular weight excluding hydrogens is 384 g/mol. The first-order valence-electron chi connectivity index (χ1n) is 10.1. The van der Waals surface area contributed by atoms with Gasteiger partial charge in [0.05, 0.1) is 6.21 Å². The Morgan fingerprint density at radius 1 is 0.935 bits per heavy atom. The third kappa shape index (κ3) is 3.94. The van der Waals surface area contributed by atoms with Crippen molar-refractivity contribution in [2.45, 2.75) is 6.54 Å². The number of hydrogen-bond donors (Lipinski definition) is 1. The summed E-state index contributed by atoms with van der Waals surface area (Å²) in [4.78, 5) is 16.1. The fourth-order valence-electron chi connectivity index (χ4n) is 3.77. The van der Waals surface area contributed by atoms with Crippen molar-refractivity contribution >= 4 is 33.8 Å². The zero-order chi connectivity index (χ0) is 21.0. The smallest absolute Gasteiger partial charge is 0.271 e.